The van der Waals surface area contributed by atoms with Gasteiger partial charge < -0.3 is 15.7 Å². The average molecular weight is 172 g/mol. The van der Waals surface area contributed by atoms with E-state index in [0.717, 1.165) is 32.5 Å². The maximum atomic E-state index is 9.56. The van der Waals surface area contributed by atoms with Crippen LogP contribution in [-0.4, -0.2) is 41.3 Å². The Morgan fingerprint density at radius 3 is 2.33 bits per heavy atom. The van der Waals surface area contributed by atoms with E-state index < -0.39 is 5.60 Å². The van der Waals surface area contributed by atoms with Crippen LogP contribution in [0.2, 0.25) is 0 Å². The molecule has 1 aliphatic heterocycles. The molecule has 0 unspecified atom stereocenters. The van der Waals surface area contributed by atoms with Crippen LogP contribution in [0.1, 0.15) is 26.7 Å². The summed E-state index contributed by atoms with van der Waals surface area (Å²) in [6.07, 6.45) is 2.13. The quantitative estimate of drug-likeness (QED) is 0.625. The van der Waals surface area contributed by atoms with Crippen LogP contribution in [0, 0.1) is 0 Å². The van der Waals surface area contributed by atoms with Gasteiger partial charge in [-0.1, -0.05) is 0 Å². The van der Waals surface area contributed by atoms with Gasteiger partial charge in [-0.3, -0.25) is 0 Å². The van der Waals surface area contributed by atoms with Gasteiger partial charge >= 0.3 is 0 Å². The zero-order valence-electron chi connectivity index (χ0n) is 8.08. The Labute approximate surface area is 74.5 Å². The van der Waals surface area contributed by atoms with E-state index in [0.29, 0.717) is 6.04 Å². The Kier molecular flexibility index (Phi) is 3.09. The van der Waals surface area contributed by atoms with Gasteiger partial charge in [0.2, 0.25) is 0 Å². The average Bonchev–Trinajstić information content (AvgIpc) is 1.91. The van der Waals surface area contributed by atoms with Crippen molar-refractivity contribution in [3.63, 3.8) is 0 Å². The van der Waals surface area contributed by atoms with Crippen molar-refractivity contribution in [1.29, 1.82) is 0 Å². The Morgan fingerprint density at radius 1 is 1.42 bits per heavy atom. The molecular formula is C9H20N2O. The van der Waals surface area contributed by atoms with Crippen molar-refractivity contribution in [3.8, 4) is 0 Å². The molecule has 1 saturated heterocycles. The second kappa shape index (κ2) is 3.73. The van der Waals surface area contributed by atoms with E-state index in [-0.39, 0.29) is 0 Å². The van der Waals surface area contributed by atoms with Gasteiger partial charge in [-0.25, -0.2) is 0 Å². The molecule has 1 heterocycles. The van der Waals surface area contributed by atoms with E-state index >= 15 is 0 Å². The van der Waals surface area contributed by atoms with Gasteiger partial charge in [-0.05, 0) is 39.8 Å². The summed E-state index contributed by atoms with van der Waals surface area (Å²) in [7, 11) is 0. The molecule has 0 aromatic heterocycles. The molecule has 0 spiro atoms. The third kappa shape index (κ3) is 3.52. The molecule has 0 aliphatic carbocycles. The third-order valence-electron chi connectivity index (χ3n) is 2.24. The van der Waals surface area contributed by atoms with E-state index in [1.54, 1.807) is 0 Å². The predicted octanol–water partition coefficient (Wildman–Crippen LogP) is 0.180. The lowest BCUT2D eigenvalue weighted by molar-refractivity contribution is 0.0284. The highest BCUT2D eigenvalue weighted by Gasteiger charge is 2.21. The summed E-state index contributed by atoms with van der Waals surface area (Å²) in [5, 5.41) is 9.56. The van der Waals surface area contributed by atoms with E-state index in [4.69, 9.17) is 5.73 Å². The van der Waals surface area contributed by atoms with Crippen LogP contribution in [0.4, 0.5) is 0 Å². The predicted molar refractivity (Wildman–Crippen MR) is 49.9 cm³/mol. The van der Waals surface area contributed by atoms with E-state index in [1.807, 2.05) is 13.8 Å². The topological polar surface area (TPSA) is 49.5 Å². The van der Waals surface area contributed by atoms with Gasteiger partial charge in [0.05, 0.1) is 5.60 Å². The molecule has 3 nitrogen and oxygen atoms in total. The van der Waals surface area contributed by atoms with E-state index in [9.17, 15) is 5.11 Å². The van der Waals surface area contributed by atoms with Gasteiger partial charge in [0, 0.05) is 12.6 Å². The van der Waals surface area contributed by atoms with Gasteiger partial charge in [-0.2, -0.15) is 0 Å². The van der Waals surface area contributed by atoms with Crippen LogP contribution in [0.15, 0.2) is 0 Å². The molecule has 0 bridgehead atoms. The van der Waals surface area contributed by atoms with Crippen LogP contribution in [0.5, 0.6) is 0 Å². The SMILES string of the molecule is CC(C)(O)CN1CCC(N)CC1. The van der Waals surface area contributed by atoms with E-state index in [2.05, 4.69) is 4.90 Å². The number of hydrogen-bond acceptors (Lipinski definition) is 3. The summed E-state index contributed by atoms with van der Waals surface area (Å²) >= 11 is 0. The molecule has 3 heteroatoms. The molecular weight excluding hydrogens is 152 g/mol. The zero-order chi connectivity index (χ0) is 9.19. The standard InChI is InChI=1S/C9H20N2O/c1-9(2,12)7-11-5-3-8(10)4-6-11/h8,12H,3-7,10H2,1-2H3. The molecule has 1 rings (SSSR count). The minimum Gasteiger partial charge on any atom is -0.389 e. The summed E-state index contributed by atoms with van der Waals surface area (Å²) in [6.45, 7) is 6.53. The molecule has 1 fully saturated rings. The Hall–Kier alpha value is -0.120. The highest BCUT2D eigenvalue weighted by Crippen LogP contribution is 2.12. The number of piperidine rings is 1. The normalized spacial score (nSPS) is 23.0. The minimum atomic E-state index is -0.568. The number of β-amino-alcohol motifs (C(OH)–C–C–N with tert-alkyl or cyclic N) is 1. The lowest BCUT2D eigenvalue weighted by atomic mass is 10.0. The van der Waals surface area contributed by atoms with Crippen LogP contribution in [0.25, 0.3) is 0 Å². The number of likely N-dealkylation sites (tertiary alicyclic amines) is 1. The van der Waals surface area contributed by atoms with E-state index in [1.165, 1.54) is 0 Å². The summed E-state index contributed by atoms with van der Waals surface area (Å²) < 4.78 is 0. The number of nitrogens with zero attached hydrogens (tertiary/aromatic N) is 1. The first-order chi connectivity index (χ1) is 5.47. The number of nitrogens with two attached hydrogens (primary N) is 1. The number of rotatable bonds is 2. The Morgan fingerprint density at radius 2 is 1.92 bits per heavy atom. The fraction of sp³-hybridized carbons (Fsp3) is 1.00. The maximum Gasteiger partial charge on any atom is 0.0718 e. The molecule has 0 aromatic carbocycles. The first-order valence-corrected chi connectivity index (χ1v) is 4.68. The molecule has 72 valence electrons. The Balaban J connectivity index is 2.26. The fourth-order valence-electron chi connectivity index (χ4n) is 1.66. The van der Waals surface area contributed by atoms with Crippen molar-refractivity contribution < 1.29 is 5.11 Å². The van der Waals surface area contributed by atoms with Crippen molar-refractivity contribution in [2.45, 2.75) is 38.3 Å². The zero-order valence-corrected chi connectivity index (χ0v) is 8.08. The summed E-state index contributed by atoms with van der Waals surface area (Å²) in [6, 6.07) is 0.378. The fourth-order valence-corrected chi connectivity index (χ4v) is 1.66. The first kappa shape index (κ1) is 9.96. The van der Waals surface area contributed by atoms with Gasteiger partial charge in [0.25, 0.3) is 0 Å². The monoisotopic (exact) mass is 172 g/mol. The number of aliphatic hydroxyl groups is 1. The van der Waals surface area contributed by atoms with Crippen molar-refractivity contribution in [2.24, 2.45) is 5.73 Å². The molecule has 0 radical (unpaired) electrons. The molecule has 0 atom stereocenters. The van der Waals surface area contributed by atoms with Crippen molar-refractivity contribution in [3.05, 3.63) is 0 Å². The minimum absolute atomic E-state index is 0.378. The first-order valence-electron chi connectivity index (χ1n) is 4.68. The molecule has 12 heavy (non-hydrogen) atoms. The lowest BCUT2D eigenvalue weighted by Crippen LogP contribution is -2.45. The lowest BCUT2D eigenvalue weighted by Gasteiger charge is -2.33. The van der Waals surface area contributed by atoms with Crippen molar-refractivity contribution >= 4 is 0 Å². The summed E-state index contributed by atoms with van der Waals surface area (Å²) in [5.74, 6) is 0. The molecule has 3 N–H and O–H groups in total. The summed E-state index contributed by atoms with van der Waals surface area (Å²) in [5.41, 5.74) is 5.20. The van der Waals surface area contributed by atoms with Crippen molar-refractivity contribution in [2.75, 3.05) is 19.6 Å². The smallest absolute Gasteiger partial charge is 0.0718 e. The second-order valence-corrected chi connectivity index (χ2v) is 4.43. The number of hydrogen-bond donors (Lipinski definition) is 2. The van der Waals surface area contributed by atoms with Crippen LogP contribution in [-0.2, 0) is 0 Å². The maximum absolute atomic E-state index is 9.56. The van der Waals surface area contributed by atoms with Crippen LogP contribution in [0.3, 0.4) is 0 Å². The summed E-state index contributed by atoms with van der Waals surface area (Å²) in [4.78, 5) is 2.28. The van der Waals surface area contributed by atoms with Crippen molar-refractivity contribution in [1.82, 2.24) is 4.90 Å². The van der Waals surface area contributed by atoms with Gasteiger partial charge in [-0.15, -0.1) is 0 Å². The van der Waals surface area contributed by atoms with Crippen LogP contribution >= 0.6 is 0 Å². The van der Waals surface area contributed by atoms with Gasteiger partial charge in [0.15, 0.2) is 0 Å². The highest BCUT2D eigenvalue weighted by atomic mass is 16.3. The molecule has 0 amide bonds. The largest absolute Gasteiger partial charge is 0.389 e. The molecule has 0 saturated carbocycles. The van der Waals surface area contributed by atoms with Gasteiger partial charge in [0.1, 0.15) is 0 Å². The Bertz CT molecular complexity index is 134. The highest BCUT2D eigenvalue weighted by molar-refractivity contribution is 4.78. The molecule has 0 aromatic rings. The molecule has 1 aliphatic rings. The third-order valence-corrected chi connectivity index (χ3v) is 2.24. The second-order valence-electron chi connectivity index (χ2n) is 4.43. The van der Waals surface area contributed by atoms with Crippen LogP contribution < -0.4 is 5.73 Å².